The van der Waals surface area contributed by atoms with Gasteiger partial charge < -0.3 is 83.5 Å². The fourth-order valence-corrected chi connectivity index (χ4v) is 0. The maximum Gasteiger partial charge on any atom is 1.00 e. The van der Waals surface area contributed by atoms with E-state index in [1.165, 1.54) is 0 Å². The van der Waals surface area contributed by atoms with Crippen LogP contribution in [0.15, 0.2) is 0 Å². The maximum absolute atomic E-state index is 9.24. The van der Waals surface area contributed by atoms with Crippen LogP contribution >= 0.6 is 14.6 Å². The summed E-state index contributed by atoms with van der Waals surface area (Å²) in [6.07, 6.45) is 0. The monoisotopic (exact) mass is 430 g/mol. The first kappa shape index (κ1) is 135. The molecule has 130 valence electrons. The molecule has 0 aromatic heterocycles. The Kier molecular flexibility index (Phi) is 346. The Labute approximate surface area is 213 Å². The molecule has 0 bridgehead atoms. The quantitative estimate of drug-likeness (QED) is 0.286. The Morgan fingerprint density at radius 1 is 0.364 bits per heavy atom. The molecule has 22 heavy (non-hydrogen) atoms. The van der Waals surface area contributed by atoms with E-state index in [0.29, 0.717) is 0 Å². The molecule has 0 unspecified atom stereocenters. The first-order valence-electron chi connectivity index (χ1n) is 1.30. The zero-order valence-corrected chi connectivity index (χ0v) is 22.1. The van der Waals surface area contributed by atoms with Crippen molar-refractivity contribution in [1.29, 1.82) is 0 Å². The molecule has 0 amide bonds. The van der Waals surface area contributed by atoms with Crippen molar-refractivity contribution in [3.63, 3.8) is 0 Å². The topological polar surface area (TPSA) is 441 Å². The number of hydrogen-bond donors (Lipinski definition) is 0. The van der Waals surface area contributed by atoms with Crippen LogP contribution < -0.4 is 138 Å². The summed E-state index contributed by atoms with van der Waals surface area (Å²) in [6, 6.07) is 0. The second-order valence-electron chi connectivity index (χ2n) is 0.937. The molecule has 0 saturated carbocycles. The van der Waals surface area contributed by atoms with Gasteiger partial charge in [0.2, 0.25) is 0 Å². The van der Waals surface area contributed by atoms with Gasteiger partial charge in [-0.25, -0.2) is 0 Å². The van der Waals surface area contributed by atoms with Crippen molar-refractivity contribution in [2.24, 2.45) is 0 Å². The predicted molar refractivity (Wildman–Crippen MR) is 51.4 cm³/mol. The summed E-state index contributed by atoms with van der Waals surface area (Å²) in [7, 11) is -11.8. The van der Waals surface area contributed by atoms with E-state index in [2.05, 4.69) is 0 Å². The molecule has 0 aromatic rings. The van der Waals surface area contributed by atoms with E-state index in [0.717, 1.165) is 0 Å². The predicted octanol–water partition coefficient (Wildman–Crippen LogP) is -23.5. The molecule has 0 aromatic carbocycles. The maximum atomic E-state index is 9.24. The Morgan fingerprint density at radius 3 is 0.409 bits per heavy atom. The van der Waals surface area contributed by atoms with Crippen LogP contribution in [0.3, 0.4) is 0 Å². The van der Waals surface area contributed by atoms with E-state index in [4.69, 9.17) is 0 Å². The smallest absolute Gasteiger partial charge is 0.807 e. The first-order valence-corrected chi connectivity index (χ1v) is 5.09. The fraction of sp³-hybridized carbons (Fsp3) is 0. The molecule has 0 atom stereocenters. The molecule has 22 heteroatoms. The summed E-state index contributed by atoms with van der Waals surface area (Å²) in [5.41, 5.74) is 0. The molecule has 0 aliphatic carbocycles. The molecule has 0 saturated heterocycles. The Hall–Kier alpha value is 3.90. The van der Waals surface area contributed by atoms with E-state index < -0.39 is 14.6 Å². The largest absolute Gasteiger partial charge is 1.00 e. The van der Waals surface area contributed by atoms with Gasteiger partial charge >= 0.3 is 118 Å². The van der Waals surface area contributed by atoms with Crippen LogP contribution in [0.1, 0.15) is 0 Å². The second kappa shape index (κ2) is 56.3. The fourth-order valence-electron chi connectivity index (χ4n) is 0. The number of hydrogen-bond acceptors (Lipinski definition) is 6. The third-order valence-corrected chi connectivity index (χ3v) is 2.70. The van der Waals surface area contributed by atoms with Gasteiger partial charge in [-0.15, -0.1) is 0 Å². The van der Waals surface area contributed by atoms with Gasteiger partial charge in [0.25, 0.3) is 0 Å². The summed E-state index contributed by atoms with van der Waals surface area (Å²) in [5, 5.41) is 0. The summed E-state index contributed by atoms with van der Waals surface area (Å²) < 4.78 is 18.5. The Bertz CT molecular complexity index is 153. The molecule has 0 aliphatic heterocycles. The van der Waals surface area contributed by atoms with Crippen LogP contribution in [0.2, 0.25) is 0 Å². The molecule has 0 spiro atoms. The minimum Gasteiger partial charge on any atom is -0.807 e. The molecule has 0 fully saturated rings. The van der Waals surface area contributed by atoms with Crippen LogP contribution in [0.5, 0.6) is 0 Å². The minimum atomic E-state index is -5.91. The first-order chi connectivity index (χ1) is 3.25. The van der Waals surface area contributed by atoms with Crippen molar-refractivity contribution in [1.82, 2.24) is 0 Å². The van der Waals surface area contributed by atoms with Gasteiger partial charge in [0, 0.05) is 0 Å². The molecule has 16 nitrogen and oxygen atoms in total. The molecule has 0 aliphatic rings. The van der Waals surface area contributed by atoms with Gasteiger partial charge in [-0.3, -0.25) is 0 Å². The minimum absolute atomic E-state index is 0. The molecular weight excluding hydrogens is 410 g/mol. The standard InChI is InChI=1S/4Na.H4O6P2.10H2O/c;;;;1-7(2,3)8(4,5)6;;;;;;;;;;/h;;;;(H2,1,2,3)(H2,4,5,6);10*1H2/q4*+1;;;;;;;;;;;/p-4. The van der Waals surface area contributed by atoms with Crippen LogP contribution in [-0.2, 0) is 9.13 Å². The third kappa shape index (κ3) is 75.3. The van der Waals surface area contributed by atoms with Gasteiger partial charge in [-0.05, 0) is 14.6 Å². The van der Waals surface area contributed by atoms with E-state index in [1.807, 2.05) is 0 Å². The molecule has 0 rings (SSSR count). The number of rotatable bonds is 1. The van der Waals surface area contributed by atoms with Gasteiger partial charge in [0.05, 0.1) is 0 Å². The van der Waals surface area contributed by atoms with Crippen molar-refractivity contribution in [3.05, 3.63) is 0 Å². The molecular formula is H20Na4O16P2. The van der Waals surface area contributed by atoms with E-state index >= 15 is 0 Å². The van der Waals surface area contributed by atoms with E-state index in [-0.39, 0.29) is 173 Å². The zero-order chi connectivity index (χ0) is 7.00. The van der Waals surface area contributed by atoms with Crippen LogP contribution in [0, 0.1) is 0 Å². The summed E-state index contributed by atoms with van der Waals surface area (Å²) >= 11 is 0. The van der Waals surface area contributed by atoms with Crippen molar-refractivity contribution < 1.29 is 202 Å². The summed E-state index contributed by atoms with van der Waals surface area (Å²) in [4.78, 5) is 36.9. The van der Waals surface area contributed by atoms with Gasteiger partial charge in [-0.2, -0.15) is 0 Å². The normalized spacial score (nSPS) is 5.09. The SMILES string of the molecule is O.O.O.O.O.O.O.O.O.O.O=P([O-])([O-])P(=O)([O-])[O-].[Na+].[Na+].[Na+].[Na+]. The Morgan fingerprint density at radius 2 is 0.409 bits per heavy atom. The van der Waals surface area contributed by atoms with Gasteiger partial charge in [0.15, 0.2) is 0 Å². The van der Waals surface area contributed by atoms with Gasteiger partial charge in [-0.1, -0.05) is 0 Å². The van der Waals surface area contributed by atoms with E-state index in [1.54, 1.807) is 0 Å². The third-order valence-electron chi connectivity index (χ3n) is 0.300. The molecule has 0 heterocycles. The van der Waals surface area contributed by atoms with Crippen molar-refractivity contribution >= 4 is 14.6 Å². The van der Waals surface area contributed by atoms with Crippen LogP contribution in [0.4, 0.5) is 0 Å². The van der Waals surface area contributed by atoms with E-state index in [9.17, 15) is 28.7 Å². The summed E-state index contributed by atoms with van der Waals surface area (Å²) in [6.45, 7) is 0. The van der Waals surface area contributed by atoms with Crippen LogP contribution in [0.25, 0.3) is 0 Å². The average molecular weight is 430 g/mol. The molecule has 20 N–H and O–H groups in total. The average Bonchev–Trinajstić information content (AvgIpc) is 1.25. The van der Waals surface area contributed by atoms with Gasteiger partial charge in [0.1, 0.15) is 0 Å². The Balaban J connectivity index is -0.00000000269. The van der Waals surface area contributed by atoms with Crippen molar-refractivity contribution in [3.8, 4) is 0 Å². The van der Waals surface area contributed by atoms with Crippen molar-refractivity contribution in [2.75, 3.05) is 0 Å². The van der Waals surface area contributed by atoms with Crippen molar-refractivity contribution in [2.45, 2.75) is 0 Å². The zero-order valence-electron chi connectivity index (χ0n) is 12.3. The summed E-state index contributed by atoms with van der Waals surface area (Å²) in [5.74, 6) is 0. The van der Waals surface area contributed by atoms with Crippen LogP contribution in [-0.4, -0.2) is 54.8 Å². The second-order valence-corrected chi connectivity index (χ2v) is 5.75. The molecule has 0 radical (unpaired) electrons.